The molecule has 0 aromatic rings. The van der Waals surface area contributed by atoms with Gasteiger partial charge in [0.15, 0.2) is 5.78 Å². The SMILES string of the molecule is CC(=O)COCCOCCOCCOCCOCCN. The van der Waals surface area contributed by atoms with Crippen LogP contribution in [0.25, 0.3) is 0 Å². The Labute approximate surface area is 120 Å². The highest BCUT2D eigenvalue weighted by molar-refractivity contribution is 5.76. The fourth-order valence-corrected chi connectivity index (χ4v) is 1.18. The summed E-state index contributed by atoms with van der Waals surface area (Å²) < 4.78 is 26.0. The van der Waals surface area contributed by atoms with Gasteiger partial charge in [0, 0.05) is 6.54 Å². The number of nitrogens with two attached hydrogens (primary N) is 1. The van der Waals surface area contributed by atoms with Crippen molar-refractivity contribution in [1.82, 2.24) is 0 Å². The molecule has 0 aliphatic carbocycles. The zero-order valence-corrected chi connectivity index (χ0v) is 12.3. The van der Waals surface area contributed by atoms with Gasteiger partial charge < -0.3 is 29.4 Å². The van der Waals surface area contributed by atoms with Crippen LogP contribution in [0.5, 0.6) is 0 Å². The number of ether oxygens (including phenoxy) is 5. The first-order valence-corrected chi connectivity index (χ1v) is 6.85. The summed E-state index contributed by atoms with van der Waals surface area (Å²) in [5.74, 6) is 0.0155. The van der Waals surface area contributed by atoms with Crippen molar-refractivity contribution in [3.8, 4) is 0 Å². The molecule has 0 bridgehead atoms. The molecule has 0 amide bonds. The van der Waals surface area contributed by atoms with E-state index >= 15 is 0 Å². The molecule has 0 fully saturated rings. The summed E-state index contributed by atoms with van der Waals surface area (Å²) in [7, 11) is 0. The second kappa shape index (κ2) is 16.5. The van der Waals surface area contributed by atoms with Crippen LogP contribution in [0.15, 0.2) is 0 Å². The van der Waals surface area contributed by atoms with E-state index in [9.17, 15) is 4.79 Å². The molecule has 20 heavy (non-hydrogen) atoms. The number of Topliss-reactive ketones (excluding diaryl/α,β-unsaturated/α-hetero) is 1. The normalized spacial score (nSPS) is 10.9. The van der Waals surface area contributed by atoms with E-state index in [0.717, 1.165) is 0 Å². The van der Waals surface area contributed by atoms with E-state index < -0.39 is 0 Å². The average molecular weight is 293 g/mol. The summed E-state index contributed by atoms with van der Waals surface area (Å²) in [6, 6.07) is 0. The van der Waals surface area contributed by atoms with Crippen LogP contribution in [0.1, 0.15) is 6.92 Å². The lowest BCUT2D eigenvalue weighted by molar-refractivity contribution is -0.122. The van der Waals surface area contributed by atoms with Gasteiger partial charge in [-0.05, 0) is 6.92 Å². The van der Waals surface area contributed by atoms with Gasteiger partial charge in [-0.3, -0.25) is 4.79 Å². The first-order chi connectivity index (χ1) is 9.77. The van der Waals surface area contributed by atoms with Crippen molar-refractivity contribution in [3.05, 3.63) is 0 Å². The molecule has 0 unspecified atom stereocenters. The van der Waals surface area contributed by atoms with Gasteiger partial charge in [0.2, 0.25) is 0 Å². The van der Waals surface area contributed by atoms with Gasteiger partial charge >= 0.3 is 0 Å². The third-order valence-electron chi connectivity index (χ3n) is 2.06. The Bertz CT molecular complexity index is 215. The molecule has 7 heteroatoms. The zero-order chi connectivity index (χ0) is 14.9. The van der Waals surface area contributed by atoms with Gasteiger partial charge in [0.25, 0.3) is 0 Å². The van der Waals surface area contributed by atoms with Gasteiger partial charge in [-0.1, -0.05) is 0 Å². The van der Waals surface area contributed by atoms with Crippen LogP contribution in [0.2, 0.25) is 0 Å². The van der Waals surface area contributed by atoms with Crippen LogP contribution in [-0.2, 0) is 28.5 Å². The molecular weight excluding hydrogens is 266 g/mol. The third kappa shape index (κ3) is 17.4. The topological polar surface area (TPSA) is 89.2 Å². The van der Waals surface area contributed by atoms with Gasteiger partial charge in [-0.15, -0.1) is 0 Å². The maximum Gasteiger partial charge on any atom is 0.155 e. The minimum atomic E-state index is 0.0155. The molecule has 0 aromatic carbocycles. The van der Waals surface area contributed by atoms with Crippen molar-refractivity contribution in [2.45, 2.75) is 6.92 Å². The molecule has 0 spiro atoms. The summed E-state index contributed by atoms with van der Waals surface area (Å²) in [5.41, 5.74) is 5.27. The van der Waals surface area contributed by atoms with Crippen molar-refractivity contribution in [3.63, 3.8) is 0 Å². The van der Waals surface area contributed by atoms with Crippen LogP contribution in [0, 0.1) is 0 Å². The molecule has 0 radical (unpaired) electrons. The minimum Gasteiger partial charge on any atom is -0.378 e. The minimum absolute atomic E-state index is 0.0155. The highest BCUT2D eigenvalue weighted by Gasteiger charge is 1.94. The predicted molar refractivity (Wildman–Crippen MR) is 73.8 cm³/mol. The Hall–Kier alpha value is -0.570. The smallest absolute Gasteiger partial charge is 0.155 e. The summed E-state index contributed by atoms with van der Waals surface area (Å²) >= 11 is 0. The second-order valence-corrected chi connectivity index (χ2v) is 3.99. The molecule has 0 aliphatic rings. The highest BCUT2D eigenvalue weighted by atomic mass is 16.6. The molecule has 0 rings (SSSR count). The van der Waals surface area contributed by atoms with Crippen molar-refractivity contribution >= 4 is 5.78 Å². The lowest BCUT2D eigenvalue weighted by Crippen LogP contribution is -2.15. The van der Waals surface area contributed by atoms with Crippen LogP contribution in [0.3, 0.4) is 0 Å². The summed E-state index contributed by atoms with van der Waals surface area (Å²) in [5, 5.41) is 0. The van der Waals surface area contributed by atoms with E-state index in [1.54, 1.807) is 0 Å². The number of hydrogen-bond donors (Lipinski definition) is 1. The van der Waals surface area contributed by atoms with E-state index in [4.69, 9.17) is 29.4 Å². The number of hydrogen-bond acceptors (Lipinski definition) is 7. The van der Waals surface area contributed by atoms with E-state index in [1.807, 2.05) is 0 Å². The Morgan fingerprint density at radius 3 is 1.40 bits per heavy atom. The van der Waals surface area contributed by atoms with E-state index in [1.165, 1.54) is 6.92 Å². The van der Waals surface area contributed by atoms with Gasteiger partial charge in [-0.25, -0.2) is 0 Å². The van der Waals surface area contributed by atoms with Crippen LogP contribution >= 0.6 is 0 Å². The molecular formula is C13H27NO6. The molecule has 0 heterocycles. The van der Waals surface area contributed by atoms with E-state index in [-0.39, 0.29) is 12.4 Å². The number of rotatable bonds is 16. The molecule has 0 aliphatic heterocycles. The predicted octanol–water partition coefficient (Wildman–Crippen LogP) is -0.383. The number of ketones is 1. The molecule has 120 valence electrons. The maximum absolute atomic E-state index is 10.6. The van der Waals surface area contributed by atoms with Gasteiger partial charge in [0.1, 0.15) is 6.61 Å². The van der Waals surface area contributed by atoms with Gasteiger partial charge in [0.05, 0.1) is 59.5 Å². The Morgan fingerprint density at radius 2 is 1.05 bits per heavy atom. The monoisotopic (exact) mass is 293 g/mol. The largest absolute Gasteiger partial charge is 0.378 e. The summed E-state index contributed by atoms with van der Waals surface area (Å²) in [6.07, 6.45) is 0. The molecule has 0 saturated heterocycles. The molecule has 0 saturated carbocycles. The zero-order valence-electron chi connectivity index (χ0n) is 12.3. The Balaban J connectivity index is 2.94. The van der Waals surface area contributed by atoms with Crippen molar-refractivity contribution < 1.29 is 28.5 Å². The van der Waals surface area contributed by atoms with Crippen LogP contribution in [0.4, 0.5) is 0 Å². The number of carbonyl (C=O) groups excluding carboxylic acids is 1. The quantitative estimate of drug-likeness (QED) is 0.388. The standard InChI is InChI=1S/C13H27NO6/c1-13(15)12-20-11-10-19-9-8-18-7-6-17-5-4-16-3-2-14/h2-12,14H2,1H3. The van der Waals surface area contributed by atoms with E-state index in [0.29, 0.717) is 66.0 Å². The fraction of sp³-hybridized carbons (Fsp3) is 0.923. The average Bonchev–Trinajstić information content (AvgIpc) is 2.43. The molecule has 0 aromatic heterocycles. The van der Waals surface area contributed by atoms with Crippen LogP contribution < -0.4 is 5.73 Å². The lowest BCUT2D eigenvalue weighted by atomic mass is 10.5. The lowest BCUT2D eigenvalue weighted by Gasteiger charge is -2.07. The maximum atomic E-state index is 10.6. The molecule has 0 atom stereocenters. The highest BCUT2D eigenvalue weighted by Crippen LogP contribution is 1.83. The Morgan fingerprint density at radius 1 is 0.700 bits per heavy atom. The first-order valence-electron chi connectivity index (χ1n) is 6.85. The van der Waals surface area contributed by atoms with Crippen molar-refractivity contribution in [2.24, 2.45) is 5.73 Å². The van der Waals surface area contributed by atoms with Gasteiger partial charge in [-0.2, -0.15) is 0 Å². The molecule has 7 nitrogen and oxygen atoms in total. The third-order valence-corrected chi connectivity index (χ3v) is 2.06. The van der Waals surface area contributed by atoms with E-state index in [2.05, 4.69) is 0 Å². The summed E-state index contributed by atoms with van der Waals surface area (Å²) in [4.78, 5) is 10.6. The van der Waals surface area contributed by atoms with Crippen LogP contribution in [-0.4, -0.2) is 78.4 Å². The fourth-order valence-electron chi connectivity index (χ4n) is 1.18. The Kier molecular flexibility index (Phi) is 16.0. The van der Waals surface area contributed by atoms with Crippen molar-refractivity contribution in [1.29, 1.82) is 0 Å². The summed E-state index contributed by atoms with van der Waals surface area (Å²) in [6.45, 7) is 6.80. The number of carbonyl (C=O) groups is 1. The second-order valence-electron chi connectivity index (χ2n) is 3.99. The van der Waals surface area contributed by atoms with Crippen molar-refractivity contribution in [2.75, 3.05) is 72.6 Å². The molecule has 2 N–H and O–H groups in total. The first kappa shape index (κ1) is 19.4.